The van der Waals surface area contributed by atoms with Crippen molar-refractivity contribution in [2.75, 3.05) is 28.3 Å². The molecule has 1 aromatic heterocycles. The Balaban J connectivity index is 1.73. The lowest BCUT2D eigenvalue weighted by Gasteiger charge is -2.27. The molecule has 2 aromatic rings. The number of amides is 1. The number of nitrogens with zero attached hydrogens (tertiary/aromatic N) is 3. The van der Waals surface area contributed by atoms with Crippen LogP contribution in [-0.2, 0) is 9.84 Å². The second kappa shape index (κ2) is 7.41. The number of anilines is 2. The highest BCUT2D eigenvalue weighted by Gasteiger charge is 2.32. The first-order valence-corrected chi connectivity index (χ1v) is 10.4. The van der Waals surface area contributed by atoms with Gasteiger partial charge in [0, 0.05) is 18.3 Å². The zero-order chi connectivity index (χ0) is 18.7. The third kappa shape index (κ3) is 4.01. The monoisotopic (exact) mass is 374 g/mol. The van der Waals surface area contributed by atoms with E-state index in [2.05, 4.69) is 15.3 Å². The van der Waals surface area contributed by atoms with Crippen molar-refractivity contribution in [1.29, 1.82) is 0 Å². The van der Waals surface area contributed by atoms with E-state index in [0.29, 0.717) is 18.8 Å². The van der Waals surface area contributed by atoms with Crippen LogP contribution in [0.3, 0.4) is 0 Å². The fourth-order valence-corrected chi connectivity index (χ4v) is 4.85. The van der Waals surface area contributed by atoms with Gasteiger partial charge < -0.3 is 10.2 Å². The third-order valence-corrected chi connectivity index (χ3v) is 6.30. The molecule has 26 heavy (non-hydrogen) atoms. The van der Waals surface area contributed by atoms with Gasteiger partial charge in [-0.3, -0.25) is 4.79 Å². The van der Waals surface area contributed by atoms with E-state index < -0.39 is 9.84 Å². The molecule has 1 saturated heterocycles. The molecule has 0 saturated carbocycles. The van der Waals surface area contributed by atoms with Crippen molar-refractivity contribution in [2.24, 2.45) is 0 Å². The van der Waals surface area contributed by atoms with Crippen LogP contribution < -0.4 is 10.2 Å². The number of aromatic nitrogens is 2. The predicted octanol–water partition coefficient (Wildman–Crippen LogP) is 2.05. The van der Waals surface area contributed by atoms with Gasteiger partial charge >= 0.3 is 0 Å². The minimum absolute atomic E-state index is 0.0917. The molecule has 1 N–H and O–H groups in total. The maximum atomic E-state index is 12.4. The Morgan fingerprint density at radius 1 is 1.27 bits per heavy atom. The molecular formula is C18H22N4O3S. The van der Waals surface area contributed by atoms with Crippen LogP contribution >= 0.6 is 0 Å². The standard InChI is InChI=1S/C18H22N4O3S/c1-3-22(14-8-9-26(24,25)12-14)17-11-19-16(10-20-17)18(23)21-15-7-5-4-6-13(15)2/h4-7,10-11,14H,3,8-9,12H2,1-2H3,(H,21,23). The average molecular weight is 374 g/mol. The summed E-state index contributed by atoms with van der Waals surface area (Å²) in [6, 6.07) is 7.41. The molecule has 1 fully saturated rings. The highest BCUT2D eigenvalue weighted by Crippen LogP contribution is 2.22. The van der Waals surface area contributed by atoms with Crippen LogP contribution in [0.1, 0.15) is 29.4 Å². The quantitative estimate of drug-likeness (QED) is 0.861. The molecule has 2 heterocycles. The average Bonchev–Trinajstić information content (AvgIpc) is 2.98. The number of hydrogen-bond donors (Lipinski definition) is 1. The number of carbonyl (C=O) groups excluding carboxylic acids is 1. The van der Waals surface area contributed by atoms with E-state index >= 15 is 0 Å². The highest BCUT2D eigenvalue weighted by molar-refractivity contribution is 7.91. The second-order valence-electron chi connectivity index (χ2n) is 6.37. The number of rotatable bonds is 5. The van der Waals surface area contributed by atoms with Crippen molar-refractivity contribution < 1.29 is 13.2 Å². The van der Waals surface area contributed by atoms with Crippen LogP contribution in [-0.4, -0.2) is 48.4 Å². The van der Waals surface area contributed by atoms with Gasteiger partial charge in [0.25, 0.3) is 5.91 Å². The largest absolute Gasteiger partial charge is 0.352 e. The van der Waals surface area contributed by atoms with Gasteiger partial charge in [-0.1, -0.05) is 18.2 Å². The molecule has 7 nitrogen and oxygen atoms in total. The third-order valence-electron chi connectivity index (χ3n) is 4.55. The van der Waals surface area contributed by atoms with Crippen molar-refractivity contribution in [3.63, 3.8) is 0 Å². The molecule has 0 spiro atoms. The van der Waals surface area contributed by atoms with Gasteiger partial charge in [0.15, 0.2) is 9.84 Å². The lowest BCUT2D eigenvalue weighted by atomic mass is 10.2. The Morgan fingerprint density at radius 3 is 2.62 bits per heavy atom. The Bertz CT molecular complexity index is 897. The molecule has 8 heteroatoms. The summed E-state index contributed by atoms with van der Waals surface area (Å²) in [6.07, 6.45) is 3.55. The summed E-state index contributed by atoms with van der Waals surface area (Å²) in [5.41, 5.74) is 1.91. The molecule has 1 aliphatic heterocycles. The topological polar surface area (TPSA) is 92.3 Å². The maximum absolute atomic E-state index is 12.4. The normalized spacial score (nSPS) is 18.5. The lowest BCUT2D eigenvalue weighted by Crippen LogP contribution is -2.36. The molecule has 138 valence electrons. The van der Waals surface area contributed by atoms with E-state index in [9.17, 15) is 13.2 Å². The van der Waals surface area contributed by atoms with Crippen LogP contribution in [0.25, 0.3) is 0 Å². The molecule has 1 atom stereocenters. The van der Waals surface area contributed by atoms with Crippen LogP contribution in [0.2, 0.25) is 0 Å². The number of aryl methyl sites for hydroxylation is 1. The lowest BCUT2D eigenvalue weighted by molar-refractivity contribution is 0.102. The zero-order valence-electron chi connectivity index (χ0n) is 14.8. The SMILES string of the molecule is CCN(c1cnc(C(=O)Nc2ccccc2C)cn1)C1CCS(=O)(=O)C1. The highest BCUT2D eigenvalue weighted by atomic mass is 32.2. The van der Waals surface area contributed by atoms with Gasteiger partial charge in [-0.25, -0.2) is 18.4 Å². The fourth-order valence-electron chi connectivity index (χ4n) is 3.11. The molecule has 3 rings (SSSR count). The van der Waals surface area contributed by atoms with Crippen molar-refractivity contribution in [1.82, 2.24) is 9.97 Å². The van der Waals surface area contributed by atoms with Crippen LogP contribution in [0, 0.1) is 6.92 Å². The molecule has 0 aliphatic carbocycles. The molecule has 0 radical (unpaired) electrons. The summed E-state index contributed by atoms with van der Waals surface area (Å²) in [5.74, 6) is 0.600. The van der Waals surface area contributed by atoms with Crippen molar-refractivity contribution in [3.8, 4) is 0 Å². The summed E-state index contributed by atoms with van der Waals surface area (Å²) in [5, 5.41) is 2.82. The number of sulfone groups is 1. The van der Waals surface area contributed by atoms with Crippen LogP contribution in [0.15, 0.2) is 36.7 Å². The Labute approximate surface area is 153 Å². The molecule has 1 amide bonds. The molecular weight excluding hydrogens is 352 g/mol. The number of hydrogen-bond acceptors (Lipinski definition) is 6. The Morgan fingerprint density at radius 2 is 2.04 bits per heavy atom. The predicted molar refractivity (Wildman–Crippen MR) is 101 cm³/mol. The van der Waals surface area contributed by atoms with E-state index in [-0.39, 0.29) is 29.1 Å². The first-order valence-electron chi connectivity index (χ1n) is 8.55. The number of benzene rings is 1. The Hall–Kier alpha value is -2.48. The second-order valence-corrected chi connectivity index (χ2v) is 8.60. The van der Waals surface area contributed by atoms with Gasteiger partial charge in [0.05, 0.1) is 23.9 Å². The number of para-hydroxylation sites is 1. The smallest absolute Gasteiger partial charge is 0.275 e. The molecule has 1 aromatic carbocycles. The minimum Gasteiger partial charge on any atom is -0.352 e. The molecule has 1 unspecified atom stereocenters. The van der Waals surface area contributed by atoms with E-state index in [1.165, 1.54) is 12.4 Å². The van der Waals surface area contributed by atoms with Gasteiger partial charge in [-0.05, 0) is 31.9 Å². The summed E-state index contributed by atoms with van der Waals surface area (Å²) in [7, 11) is -2.97. The first-order chi connectivity index (χ1) is 12.4. The molecule has 1 aliphatic rings. The van der Waals surface area contributed by atoms with E-state index in [0.717, 1.165) is 11.3 Å². The maximum Gasteiger partial charge on any atom is 0.275 e. The van der Waals surface area contributed by atoms with Crippen molar-refractivity contribution >= 4 is 27.2 Å². The van der Waals surface area contributed by atoms with E-state index in [1.54, 1.807) is 0 Å². The van der Waals surface area contributed by atoms with Gasteiger partial charge in [-0.2, -0.15) is 0 Å². The van der Waals surface area contributed by atoms with Crippen molar-refractivity contribution in [3.05, 3.63) is 47.9 Å². The van der Waals surface area contributed by atoms with Crippen LogP contribution in [0.5, 0.6) is 0 Å². The first kappa shape index (κ1) is 18.3. The van der Waals surface area contributed by atoms with Gasteiger partial charge in [0.1, 0.15) is 11.5 Å². The Kier molecular flexibility index (Phi) is 5.22. The van der Waals surface area contributed by atoms with Gasteiger partial charge in [-0.15, -0.1) is 0 Å². The summed E-state index contributed by atoms with van der Waals surface area (Å²) in [4.78, 5) is 22.8. The molecule has 0 bridgehead atoms. The summed E-state index contributed by atoms with van der Waals surface area (Å²) in [6.45, 7) is 4.49. The number of nitrogens with one attached hydrogen (secondary N) is 1. The zero-order valence-corrected chi connectivity index (χ0v) is 15.7. The van der Waals surface area contributed by atoms with Gasteiger partial charge in [0.2, 0.25) is 0 Å². The summed E-state index contributed by atoms with van der Waals surface area (Å²) < 4.78 is 23.4. The summed E-state index contributed by atoms with van der Waals surface area (Å²) >= 11 is 0. The number of carbonyl (C=O) groups is 1. The van der Waals surface area contributed by atoms with Crippen molar-refractivity contribution in [2.45, 2.75) is 26.3 Å². The van der Waals surface area contributed by atoms with Crippen LogP contribution in [0.4, 0.5) is 11.5 Å². The van der Waals surface area contributed by atoms with E-state index in [1.807, 2.05) is 43.0 Å². The van der Waals surface area contributed by atoms with E-state index in [4.69, 9.17) is 0 Å². The fraction of sp³-hybridized carbons (Fsp3) is 0.389. The minimum atomic E-state index is -2.97.